The van der Waals surface area contributed by atoms with Gasteiger partial charge in [0, 0.05) is 55.9 Å². The number of rotatable bonds is 5. The molecule has 0 saturated carbocycles. The molecule has 1 aliphatic heterocycles. The van der Waals surface area contributed by atoms with E-state index in [4.69, 9.17) is 4.74 Å². The molecule has 2 aromatic rings. The molecular formula is C17H23N5O2S. The summed E-state index contributed by atoms with van der Waals surface area (Å²) in [7, 11) is 0. The van der Waals surface area contributed by atoms with Crippen LogP contribution in [0.5, 0.6) is 5.75 Å². The zero-order chi connectivity index (χ0) is 17.6. The van der Waals surface area contributed by atoms with Crippen molar-refractivity contribution in [1.29, 1.82) is 0 Å². The van der Waals surface area contributed by atoms with Crippen LogP contribution < -0.4 is 15.0 Å². The van der Waals surface area contributed by atoms with Crippen molar-refractivity contribution in [3.05, 3.63) is 30.1 Å². The number of carbonyl (C=O) groups is 1. The summed E-state index contributed by atoms with van der Waals surface area (Å²) in [5, 5.41) is 3.89. The number of aryl methyl sites for hydroxylation is 1. The summed E-state index contributed by atoms with van der Waals surface area (Å²) in [5.74, 6) is 1.64. The van der Waals surface area contributed by atoms with E-state index in [9.17, 15) is 4.79 Å². The first-order valence-corrected chi connectivity index (χ1v) is 9.33. The van der Waals surface area contributed by atoms with Gasteiger partial charge in [-0.15, -0.1) is 0 Å². The van der Waals surface area contributed by atoms with Gasteiger partial charge in [0.25, 0.3) is 0 Å². The number of aromatic nitrogens is 2. The minimum atomic E-state index is -0.0835. The summed E-state index contributed by atoms with van der Waals surface area (Å²) < 4.78 is 9.79. The molecule has 0 bridgehead atoms. The van der Waals surface area contributed by atoms with Crippen LogP contribution in [0.2, 0.25) is 0 Å². The van der Waals surface area contributed by atoms with Crippen molar-refractivity contribution < 1.29 is 9.53 Å². The van der Waals surface area contributed by atoms with Crippen LogP contribution in [0.3, 0.4) is 0 Å². The Morgan fingerprint density at radius 2 is 2.08 bits per heavy atom. The second kappa shape index (κ2) is 8.15. The largest absolute Gasteiger partial charge is 0.494 e. The highest BCUT2D eigenvalue weighted by Gasteiger charge is 2.23. The number of nitrogens with zero attached hydrogens (tertiary/aromatic N) is 4. The maximum absolute atomic E-state index is 12.5. The van der Waals surface area contributed by atoms with Crippen LogP contribution in [-0.4, -0.2) is 53.1 Å². The van der Waals surface area contributed by atoms with Gasteiger partial charge in [-0.25, -0.2) is 9.78 Å². The van der Waals surface area contributed by atoms with E-state index in [0.29, 0.717) is 19.7 Å². The van der Waals surface area contributed by atoms with Gasteiger partial charge in [0.15, 0.2) is 0 Å². The van der Waals surface area contributed by atoms with Crippen LogP contribution in [-0.2, 0) is 6.42 Å². The molecule has 25 heavy (non-hydrogen) atoms. The molecule has 2 amide bonds. The number of amides is 2. The zero-order valence-electron chi connectivity index (χ0n) is 14.6. The quantitative estimate of drug-likeness (QED) is 0.887. The van der Waals surface area contributed by atoms with Crippen LogP contribution in [0.1, 0.15) is 19.7 Å². The van der Waals surface area contributed by atoms with E-state index in [1.54, 1.807) is 0 Å². The van der Waals surface area contributed by atoms with Gasteiger partial charge in [0.05, 0.1) is 6.61 Å². The Morgan fingerprint density at radius 3 is 2.76 bits per heavy atom. The summed E-state index contributed by atoms with van der Waals surface area (Å²) in [6.07, 6.45) is 0.847. The van der Waals surface area contributed by atoms with Crippen LogP contribution in [0, 0.1) is 0 Å². The molecule has 3 rings (SSSR count). The van der Waals surface area contributed by atoms with E-state index in [0.717, 1.165) is 41.9 Å². The highest BCUT2D eigenvalue weighted by Crippen LogP contribution is 2.21. The van der Waals surface area contributed by atoms with Crippen molar-refractivity contribution in [2.75, 3.05) is 43.0 Å². The van der Waals surface area contributed by atoms with E-state index in [1.807, 2.05) is 36.1 Å². The number of piperazine rings is 1. The molecule has 1 N–H and O–H groups in total. The number of benzene rings is 1. The average Bonchev–Trinajstić information content (AvgIpc) is 3.12. The number of urea groups is 1. The highest BCUT2D eigenvalue weighted by atomic mass is 32.1. The van der Waals surface area contributed by atoms with Crippen LogP contribution in [0.15, 0.2) is 24.3 Å². The SMILES string of the molecule is CCOc1cccc(NC(=O)N2CCN(c3nc(CC)ns3)CC2)c1. The second-order valence-corrected chi connectivity index (χ2v) is 6.44. The van der Waals surface area contributed by atoms with E-state index in [1.165, 1.54) is 11.5 Å². The molecule has 0 atom stereocenters. The summed E-state index contributed by atoms with van der Waals surface area (Å²) >= 11 is 1.43. The van der Waals surface area contributed by atoms with E-state index in [2.05, 4.69) is 26.5 Å². The molecule has 1 fully saturated rings. The molecule has 2 heterocycles. The van der Waals surface area contributed by atoms with Gasteiger partial charge in [-0.2, -0.15) is 4.37 Å². The molecule has 1 aromatic carbocycles. The second-order valence-electron chi connectivity index (χ2n) is 5.71. The lowest BCUT2D eigenvalue weighted by molar-refractivity contribution is 0.208. The standard InChI is InChI=1S/C17H23N5O2S/c1-3-15-19-17(25-20-15)22-10-8-21(9-11-22)16(23)18-13-6-5-7-14(12-13)24-4-2/h5-7,12H,3-4,8-11H2,1-2H3,(H,18,23). The smallest absolute Gasteiger partial charge is 0.321 e. The maximum atomic E-state index is 12.5. The average molecular weight is 361 g/mol. The third-order valence-electron chi connectivity index (χ3n) is 4.01. The Kier molecular flexibility index (Phi) is 5.70. The van der Waals surface area contributed by atoms with Crippen molar-refractivity contribution in [3.8, 4) is 5.75 Å². The monoisotopic (exact) mass is 361 g/mol. The first kappa shape index (κ1) is 17.5. The molecule has 134 valence electrons. The highest BCUT2D eigenvalue weighted by molar-refractivity contribution is 7.09. The zero-order valence-corrected chi connectivity index (χ0v) is 15.4. The lowest BCUT2D eigenvalue weighted by atomic mass is 10.3. The topological polar surface area (TPSA) is 70.6 Å². The molecule has 1 aromatic heterocycles. The number of carbonyl (C=O) groups excluding carboxylic acids is 1. The maximum Gasteiger partial charge on any atom is 0.321 e. The molecule has 8 heteroatoms. The van der Waals surface area contributed by atoms with Crippen molar-refractivity contribution in [2.45, 2.75) is 20.3 Å². The Morgan fingerprint density at radius 1 is 1.28 bits per heavy atom. The van der Waals surface area contributed by atoms with Gasteiger partial charge in [-0.3, -0.25) is 0 Å². The molecular weight excluding hydrogens is 338 g/mol. The fourth-order valence-corrected chi connectivity index (χ4v) is 3.45. The third-order valence-corrected chi connectivity index (χ3v) is 4.82. The van der Waals surface area contributed by atoms with Gasteiger partial charge in [0.1, 0.15) is 11.6 Å². The molecule has 0 spiro atoms. The molecule has 1 aliphatic rings. The van der Waals surface area contributed by atoms with Crippen molar-refractivity contribution in [2.24, 2.45) is 0 Å². The fraction of sp³-hybridized carbons (Fsp3) is 0.471. The first-order valence-electron chi connectivity index (χ1n) is 8.56. The third kappa shape index (κ3) is 4.39. The summed E-state index contributed by atoms with van der Waals surface area (Å²) in [6.45, 7) is 7.46. The summed E-state index contributed by atoms with van der Waals surface area (Å²) in [4.78, 5) is 21.0. The van der Waals surface area contributed by atoms with E-state index >= 15 is 0 Å². The number of anilines is 2. The number of nitrogens with one attached hydrogen (secondary N) is 1. The Balaban J connectivity index is 1.53. The van der Waals surface area contributed by atoms with E-state index in [-0.39, 0.29) is 6.03 Å². The van der Waals surface area contributed by atoms with Gasteiger partial charge >= 0.3 is 6.03 Å². The van der Waals surface area contributed by atoms with Gasteiger partial charge in [-0.1, -0.05) is 13.0 Å². The fourth-order valence-electron chi connectivity index (χ4n) is 2.65. The summed E-state index contributed by atoms with van der Waals surface area (Å²) in [6, 6.07) is 7.37. The van der Waals surface area contributed by atoms with Crippen molar-refractivity contribution >= 4 is 28.4 Å². The minimum Gasteiger partial charge on any atom is -0.494 e. The van der Waals surface area contributed by atoms with Crippen molar-refractivity contribution in [3.63, 3.8) is 0 Å². The minimum absolute atomic E-state index is 0.0835. The van der Waals surface area contributed by atoms with Crippen molar-refractivity contribution in [1.82, 2.24) is 14.3 Å². The predicted octanol–water partition coefficient (Wildman–Crippen LogP) is 2.85. The molecule has 0 aliphatic carbocycles. The summed E-state index contributed by atoms with van der Waals surface area (Å²) in [5.41, 5.74) is 0.745. The predicted molar refractivity (Wildman–Crippen MR) is 99.7 cm³/mol. The van der Waals surface area contributed by atoms with Gasteiger partial charge in [0.2, 0.25) is 5.13 Å². The van der Waals surface area contributed by atoms with Crippen LogP contribution in [0.4, 0.5) is 15.6 Å². The lowest BCUT2D eigenvalue weighted by Crippen LogP contribution is -2.50. The number of hydrogen-bond acceptors (Lipinski definition) is 6. The van der Waals surface area contributed by atoms with E-state index < -0.39 is 0 Å². The molecule has 7 nitrogen and oxygen atoms in total. The molecule has 0 unspecified atom stereocenters. The van der Waals surface area contributed by atoms with Crippen LogP contribution >= 0.6 is 11.5 Å². The Bertz CT molecular complexity index is 713. The first-order chi connectivity index (χ1) is 12.2. The van der Waals surface area contributed by atoms with Gasteiger partial charge in [-0.05, 0) is 19.1 Å². The lowest BCUT2D eigenvalue weighted by Gasteiger charge is -2.34. The Hall–Kier alpha value is -2.35. The van der Waals surface area contributed by atoms with Gasteiger partial charge < -0.3 is 19.9 Å². The normalized spacial score (nSPS) is 14.5. The number of hydrogen-bond donors (Lipinski definition) is 1. The van der Waals surface area contributed by atoms with Crippen LogP contribution in [0.25, 0.3) is 0 Å². The molecule has 1 saturated heterocycles. The Labute approximate surface area is 151 Å². The molecule has 0 radical (unpaired) electrons. The number of ether oxygens (including phenoxy) is 1.